The summed E-state index contributed by atoms with van der Waals surface area (Å²) < 4.78 is 3.08. The van der Waals surface area contributed by atoms with Crippen molar-refractivity contribution in [1.82, 2.24) is 19.4 Å². The fraction of sp³-hybridized carbons (Fsp3) is 0.500. The molecule has 2 aromatic rings. The second-order valence-corrected chi connectivity index (χ2v) is 4.88. The molecule has 0 saturated carbocycles. The van der Waals surface area contributed by atoms with E-state index in [1.54, 1.807) is 0 Å². The predicted molar refractivity (Wildman–Crippen MR) is 73.0 cm³/mol. The molecule has 2 rings (SSSR count). The summed E-state index contributed by atoms with van der Waals surface area (Å²) in [5, 5.41) is 0. The van der Waals surface area contributed by atoms with Crippen LogP contribution in [-0.2, 0) is 6.54 Å². The minimum absolute atomic E-state index is 0.937. The Kier molecular flexibility index (Phi) is 4.12. The van der Waals surface area contributed by atoms with Gasteiger partial charge in [0, 0.05) is 23.8 Å². The molecule has 0 bridgehead atoms. The van der Waals surface area contributed by atoms with E-state index in [1.807, 2.05) is 18.6 Å². The van der Waals surface area contributed by atoms with E-state index in [4.69, 9.17) is 0 Å². The van der Waals surface area contributed by atoms with Gasteiger partial charge in [-0.25, -0.2) is 9.97 Å². The number of nitrogens with zero attached hydrogens (tertiary/aromatic N) is 4. The van der Waals surface area contributed by atoms with Gasteiger partial charge >= 0.3 is 0 Å². The zero-order chi connectivity index (χ0) is 12.3. The highest BCUT2D eigenvalue weighted by Crippen LogP contribution is 2.15. The van der Waals surface area contributed by atoms with Gasteiger partial charge in [0.1, 0.15) is 5.52 Å². The van der Waals surface area contributed by atoms with Gasteiger partial charge < -0.3 is 9.47 Å². The summed E-state index contributed by atoms with van der Waals surface area (Å²) in [7, 11) is 0. The van der Waals surface area contributed by atoms with Crippen molar-refractivity contribution in [3.8, 4) is 0 Å². The number of likely N-dealkylation sites (N-methyl/N-ethyl adjacent to an activating group) is 1. The lowest BCUT2D eigenvalue weighted by Crippen LogP contribution is -2.26. The summed E-state index contributed by atoms with van der Waals surface area (Å²) >= 11 is 3.41. The van der Waals surface area contributed by atoms with Crippen LogP contribution in [0.4, 0.5) is 0 Å². The van der Waals surface area contributed by atoms with E-state index in [-0.39, 0.29) is 0 Å². The molecule has 17 heavy (non-hydrogen) atoms. The lowest BCUT2D eigenvalue weighted by molar-refractivity contribution is 0.291. The minimum atomic E-state index is 0.937. The van der Waals surface area contributed by atoms with E-state index >= 15 is 0 Å². The Labute approximate surface area is 110 Å². The Hall–Kier alpha value is -0.940. The molecule has 0 atom stereocenters. The zero-order valence-electron chi connectivity index (χ0n) is 10.2. The summed E-state index contributed by atoms with van der Waals surface area (Å²) in [5.41, 5.74) is 1.90. The monoisotopic (exact) mass is 296 g/mol. The second kappa shape index (κ2) is 5.60. The molecule has 0 unspecified atom stereocenters. The van der Waals surface area contributed by atoms with E-state index in [1.165, 1.54) is 0 Å². The van der Waals surface area contributed by atoms with Crippen molar-refractivity contribution < 1.29 is 0 Å². The average Bonchev–Trinajstić information content (AvgIpc) is 2.73. The van der Waals surface area contributed by atoms with Crippen LogP contribution >= 0.6 is 15.9 Å². The molecule has 2 heterocycles. The molecule has 0 spiro atoms. The van der Waals surface area contributed by atoms with Crippen molar-refractivity contribution in [3.63, 3.8) is 0 Å². The maximum absolute atomic E-state index is 4.41. The highest BCUT2D eigenvalue weighted by atomic mass is 79.9. The highest BCUT2D eigenvalue weighted by Gasteiger charge is 2.05. The van der Waals surface area contributed by atoms with Gasteiger partial charge in [0.25, 0.3) is 0 Å². The number of aromatic nitrogens is 3. The predicted octanol–water partition coefficient (Wildman–Crippen LogP) is 2.54. The standard InChI is InChI=1S/C12H17BrN4/c1-3-16(4-2)5-6-17-9-15-11-7-10(13)8-14-12(11)17/h7-9H,3-6H2,1-2H3. The molecule has 0 aliphatic heterocycles. The van der Waals surface area contributed by atoms with Crippen LogP contribution in [-0.4, -0.2) is 39.1 Å². The molecule has 0 radical (unpaired) electrons. The first-order valence-corrected chi connectivity index (χ1v) is 6.72. The molecule has 0 aliphatic carbocycles. The van der Waals surface area contributed by atoms with Gasteiger partial charge in [0.15, 0.2) is 5.65 Å². The first-order valence-electron chi connectivity index (χ1n) is 5.93. The van der Waals surface area contributed by atoms with E-state index in [2.05, 4.69) is 49.2 Å². The molecular weight excluding hydrogens is 280 g/mol. The van der Waals surface area contributed by atoms with E-state index in [0.717, 1.165) is 41.8 Å². The summed E-state index contributed by atoms with van der Waals surface area (Å²) in [4.78, 5) is 11.2. The molecule has 0 aromatic carbocycles. The summed E-state index contributed by atoms with van der Waals surface area (Å²) in [6.07, 6.45) is 3.69. The first-order chi connectivity index (χ1) is 8.24. The number of halogens is 1. The Balaban J connectivity index is 2.14. The molecule has 5 heteroatoms. The highest BCUT2D eigenvalue weighted by molar-refractivity contribution is 9.10. The molecule has 2 aromatic heterocycles. The molecule has 0 fully saturated rings. The van der Waals surface area contributed by atoms with Crippen LogP contribution in [0.3, 0.4) is 0 Å². The Bertz CT molecular complexity index is 490. The fourth-order valence-corrected chi connectivity index (χ4v) is 2.20. The fourth-order valence-electron chi connectivity index (χ4n) is 1.88. The van der Waals surface area contributed by atoms with Gasteiger partial charge in [-0.3, -0.25) is 0 Å². The van der Waals surface area contributed by atoms with Crippen LogP contribution < -0.4 is 0 Å². The number of hydrogen-bond donors (Lipinski definition) is 0. The topological polar surface area (TPSA) is 34.0 Å². The van der Waals surface area contributed by atoms with Gasteiger partial charge in [-0.1, -0.05) is 13.8 Å². The van der Waals surface area contributed by atoms with Crippen LogP contribution in [0.2, 0.25) is 0 Å². The third kappa shape index (κ3) is 2.84. The number of fused-ring (bicyclic) bond motifs is 1. The quantitative estimate of drug-likeness (QED) is 0.850. The second-order valence-electron chi connectivity index (χ2n) is 3.96. The van der Waals surface area contributed by atoms with E-state index in [0.29, 0.717) is 0 Å². The van der Waals surface area contributed by atoms with Gasteiger partial charge in [0.2, 0.25) is 0 Å². The molecule has 0 aliphatic rings. The normalized spacial score (nSPS) is 11.5. The number of hydrogen-bond acceptors (Lipinski definition) is 3. The van der Waals surface area contributed by atoms with Crippen molar-refractivity contribution >= 4 is 27.1 Å². The average molecular weight is 297 g/mol. The van der Waals surface area contributed by atoms with Gasteiger partial charge in [-0.2, -0.15) is 0 Å². The molecule has 4 nitrogen and oxygen atoms in total. The van der Waals surface area contributed by atoms with E-state index < -0.39 is 0 Å². The molecule has 0 saturated heterocycles. The Morgan fingerprint density at radius 3 is 2.76 bits per heavy atom. The van der Waals surface area contributed by atoms with E-state index in [9.17, 15) is 0 Å². The van der Waals surface area contributed by atoms with Crippen LogP contribution in [0.25, 0.3) is 11.2 Å². The van der Waals surface area contributed by atoms with Crippen molar-refractivity contribution in [2.75, 3.05) is 19.6 Å². The SMILES string of the molecule is CCN(CC)CCn1cnc2cc(Br)cnc21. The maximum Gasteiger partial charge on any atom is 0.159 e. The van der Waals surface area contributed by atoms with Crippen LogP contribution in [0.15, 0.2) is 23.1 Å². The third-order valence-corrected chi connectivity index (χ3v) is 3.41. The van der Waals surface area contributed by atoms with Crippen LogP contribution in [0, 0.1) is 0 Å². The number of rotatable bonds is 5. The van der Waals surface area contributed by atoms with Gasteiger partial charge in [-0.15, -0.1) is 0 Å². The number of imidazole rings is 1. The molecule has 92 valence electrons. The molecule has 0 amide bonds. The Morgan fingerprint density at radius 2 is 2.06 bits per heavy atom. The lowest BCUT2D eigenvalue weighted by atomic mass is 10.4. The van der Waals surface area contributed by atoms with Crippen molar-refractivity contribution in [2.24, 2.45) is 0 Å². The summed E-state index contributed by atoms with van der Waals surface area (Å²) in [6, 6.07) is 2.00. The molecular formula is C12H17BrN4. The number of pyridine rings is 1. The Morgan fingerprint density at radius 1 is 1.29 bits per heavy atom. The van der Waals surface area contributed by atoms with Crippen molar-refractivity contribution in [1.29, 1.82) is 0 Å². The van der Waals surface area contributed by atoms with Gasteiger partial charge in [-0.05, 0) is 35.1 Å². The first kappa shape index (κ1) is 12.5. The maximum atomic E-state index is 4.41. The summed E-state index contributed by atoms with van der Waals surface area (Å²) in [5.74, 6) is 0. The van der Waals surface area contributed by atoms with Crippen LogP contribution in [0.5, 0.6) is 0 Å². The largest absolute Gasteiger partial charge is 0.314 e. The van der Waals surface area contributed by atoms with Crippen LogP contribution in [0.1, 0.15) is 13.8 Å². The summed E-state index contributed by atoms with van der Waals surface area (Å²) in [6.45, 7) is 8.52. The van der Waals surface area contributed by atoms with Crippen molar-refractivity contribution in [2.45, 2.75) is 20.4 Å². The lowest BCUT2D eigenvalue weighted by Gasteiger charge is -2.17. The zero-order valence-corrected chi connectivity index (χ0v) is 11.8. The third-order valence-electron chi connectivity index (χ3n) is 2.97. The van der Waals surface area contributed by atoms with Crippen molar-refractivity contribution in [3.05, 3.63) is 23.1 Å². The molecule has 0 N–H and O–H groups in total. The van der Waals surface area contributed by atoms with Gasteiger partial charge in [0.05, 0.1) is 6.33 Å². The smallest absolute Gasteiger partial charge is 0.159 e. The minimum Gasteiger partial charge on any atom is -0.314 e.